The number of aliphatic hydroxyl groups is 1. The van der Waals surface area contributed by atoms with Crippen molar-refractivity contribution in [2.24, 2.45) is 0 Å². The Labute approximate surface area is 164 Å². The highest BCUT2D eigenvalue weighted by Gasteiger charge is 2.50. The van der Waals surface area contributed by atoms with Crippen molar-refractivity contribution in [2.45, 2.75) is 32.3 Å². The predicted octanol–water partition coefficient (Wildman–Crippen LogP) is 2.99. The molecule has 2 aromatic carbocycles. The highest BCUT2D eigenvalue weighted by Crippen LogP contribution is 2.43. The van der Waals surface area contributed by atoms with E-state index in [1.807, 2.05) is 43.3 Å². The topological polar surface area (TPSA) is 76.1 Å². The van der Waals surface area contributed by atoms with E-state index in [1.54, 1.807) is 18.1 Å². The average Bonchev–Trinajstić information content (AvgIpc) is 2.86. The van der Waals surface area contributed by atoms with Gasteiger partial charge < -0.3 is 19.5 Å². The van der Waals surface area contributed by atoms with E-state index in [4.69, 9.17) is 9.47 Å². The smallest absolute Gasteiger partial charge is 0.264 e. The Morgan fingerprint density at radius 1 is 1.14 bits per heavy atom. The van der Waals surface area contributed by atoms with Gasteiger partial charge in [0.05, 0.1) is 19.4 Å². The van der Waals surface area contributed by atoms with Gasteiger partial charge in [0.15, 0.2) is 5.60 Å². The van der Waals surface area contributed by atoms with Gasteiger partial charge in [-0.25, -0.2) is 0 Å². The summed E-state index contributed by atoms with van der Waals surface area (Å²) in [5.74, 6) is 0.796. The Kier molecular flexibility index (Phi) is 5.70. The van der Waals surface area contributed by atoms with E-state index in [1.165, 1.54) is 6.92 Å². The standard InChI is InChI=1S/C22H25NO5/c1-15-5-10-20-19(13-15)22(26,14-16(2)24)21(25)23(20)11-4-12-28-18-8-6-17(27-3)7-9-18/h5-10,13,26H,4,11-12,14H2,1-3H3. The van der Waals surface area contributed by atoms with Crippen LogP contribution >= 0.6 is 0 Å². The first-order valence-electron chi connectivity index (χ1n) is 9.27. The third kappa shape index (κ3) is 3.87. The number of amides is 1. The van der Waals surface area contributed by atoms with E-state index in [0.717, 1.165) is 17.1 Å². The molecule has 1 unspecified atom stereocenters. The SMILES string of the molecule is COc1ccc(OCCCN2C(=O)C(O)(CC(C)=O)c3cc(C)ccc32)cc1. The van der Waals surface area contributed by atoms with Crippen LogP contribution in [0, 0.1) is 6.92 Å². The third-order valence-electron chi connectivity index (χ3n) is 4.85. The lowest BCUT2D eigenvalue weighted by atomic mass is 9.89. The number of ether oxygens (including phenoxy) is 2. The molecular formula is C22H25NO5. The lowest BCUT2D eigenvalue weighted by Crippen LogP contribution is -2.42. The number of benzene rings is 2. The summed E-state index contributed by atoms with van der Waals surface area (Å²) in [6, 6.07) is 12.8. The van der Waals surface area contributed by atoms with Gasteiger partial charge in [-0.1, -0.05) is 17.7 Å². The summed E-state index contributed by atoms with van der Waals surface area (Å²) in [5, 5.41) is 11.0. The quantitative estimate of drug-likeness (QED) is 0.709. The molecule has 1 atom stereocenters. The number of carbonyl (C=O) groups is 2. The molecule has 1 aliphatic heterocycles. The molecule has 0 fully saturated rings. The highest BCUT2D eigenvalue weighted by atomic mass is 16.5. The number of aryl methyl sites for hydroxylation is 1. The summed E-state index contributed by atoms with van der Waals surface area (Å²) < 4.78 is 10.8. The minimum Gasteiger partial charge on any atom is -0.497 e. The fraction of sp³-hybridized carbons (Fsp3) is 0.364. The van der Waals surface area contributed by atoms with Crippen LogP contribution in [-0.2, 0) is 15.2 Å². The van der Waals surface area contributed by atoms with Crippen molar-refractivity contribution < 1.29 is 24.2 Å². The zero-order chi connectivity index (χ0) is 20.3. The van der Waals surface area contributed by atoms with Gasteiger partial charge in [-0.05, 0) is 50.6 Å². The summed E-state index contributed by atoms with van der Waals surface area (Å²) in [4.78, 5) is 26.1. The van der Waals surface area contributed by atoms with Gasteiger partial charge in [0.2, 0.25) is 0 Å². The van der Waals surface area contributed by atoms with Crippen LogP contribution in [0.4, 0.5) is 5.69 Å². The fourth-order valence-electron chi connectivity index (χ4n) is 3.50. The summed E-state index contributed by atoms with van der Waals surface area (Å²) in [7, 11) is 1.61. The Bertz CT molecular complexity index is 877. The van der Waals surface area contributed by atoms with Crippen LogP contribution < -0.4 is 14.4 Å². The number of nitrogens with zero attached hydrogens (tertiary/aromatic N) is 1. The van der Waals surface area contributed by atoms with E-state index in [9.17, 15) is 14.7 Å². The molecule has 0 spiro atoms. The number of Topliss-reactive ketones (excluding diaryl/α,β-unsaturated/α-hetero) is 1. The molecule has 1 heterocycles. The van der Waals surface area contributed by atoms with Crippen LogP contribution in [-0.4, -0.2) is 37.1 Å². The van der Waals surface area contributed by atoms with Gasteiger partial charge in [0.25, 0.3) is 5.91 Å². The van der Waals surface area contributed by atoms with Gasteiger partial charge in [-0.3, -0.25) is 9.59 Å². The molecule has 1 N–H and O–H groups in total. The molecule has 3 rings (SSSR count). The number of hydrogen-bond acceptors (Lipinski definition) is 5. The average molecular weight is 383 g/mol. The number of hydrogen-bond donors (Lipinski definition) is 1. The molecule has 0 saturated carbocycles. The van der Waals surface area contributed by atoms with Gasteiger partial charge >= 0.3 is 0 Å². The molecule has 0 bridgehead atoms. The van der Waals surface area contributed by atoms with Crippen molar-refractivity contribution in [2.75, 3.05) is 25.2 Å². The van der Waals surface area contributed by atoms with E-state index in [-0.39, 0.29) is 12.2 Å². The van der Waals surface area contributed by atoms with Gasteiger partial charge in [0.1, 0.15) is 17.3 Å². The number of ketones is 1. The maximum Gasteiger partial charge on any atom is 0.264 e. The van der Waals surface area contributed by atoms with Crippen molar-refractivity contribution in [3.05, 3.63) is 53.6 Å². The van der Waals surface area contributed by atoms with E-state index >= 15 is 0 Å². The van der Waals surface area contributed by atoms with E-state index in [0.29, 0.717) is 30.8 Å². The van der Waals surface area contributed by atoms with Gasteiger partial charge in [-0.15, -0.1) is 0 Å². The summed E-state index contributed by atoms with van der Waals surface area (Å²) >= 11 is 0. The lowest BCUT2D eigenvalue weighted by molar-refractivity contribution is -0.141. The third-order valence-corrected chi connectivity index (χ3v) is 4.85. The van der Waals surface area contributed by atoms with Crippen LogP contribution in [0.15, 0.2) is 42.5 Å². The second-order valence-electron chi connectivity index (χ2n) is 7.09. The molecule has 6 nitrogen and oxygen atoms in total. The number of fused-ring (bicyclic) bond motifs is 1. The Morgan fingerprint density at radius 2 is 1.82 bits per heavy atom. The molecule has 0 radical (unpaired) electrons. The molecule has 1 amide bonds. The van der Waals surface area contributed by atoms with Crippen molar-refractivity contribution in [3.8, 4) is 11.5 Å². The first-order valence-corrected chi connectivity index (χ1v) is 9.27. The lowest BCUT2D eigenvalue weighted by Gasteiger charge is -2.22. The zero-order valence-corrected chi connectivity index (χ0v) is 16.4. The van der Waals surface area contributed by atoms with Crippen molar-refractivity contribution >= 4 is 17.4 Å². The normalized spacial score (nSPS) is 18.1. The van der Waals surface area contributed by atoms with Crippen LogP contribution in [0.25, 0.3) is 0 Å². The van der Waals surface area contributed by atoms with E-state index in [2.05, 4.69) is 0 Å². The van der Waals surface area contributed by atoms with Crippen LogP contribution in [0.2, 0.25) is 0 Å². The number of carbonyl (C=O) groups excluding carboxylic acids is 2. The molecule has 6 heteroatoms. The van der Waals surface area contributed by atoms with E-state index < -0.39 is 11.5 Å². The molecule has 0 aromatic heterocycles. The molecule has 148 valence electrons. The second-order valence-corrected chi connectivity index (χ2v) is 7.09. The largest absolute Gasteiger partial charge is 0.497 e. The second kappa shape index (κ2) is 8.02. The Morgan fingerprint density at radius 3 is 2.46 bits per heavy atom. The van der Waals surface area contributed by atoms with Crippen LogP contribution in [0.3, 0.4) is 0 Å². The first-order chi connectivity index (χ1) is 13.3. The van der Waals surface area contributed by atoms with Crippen molar-refractivity contribution in [1.29, 1.82) is 0 Å². The van der Waals surface area contributed by atoms with Crippen molar-refractivity contribution in [3.63, 3.8) is 0 Å². The van der Waals surface area contributed by atoms with Crippen LogP contribution in [0.5, 0.6) is 11.5 Å². The molecule has 0 saturated heterocycles. The molecular weight excluding hydrogens is 358 g/mol. The summed E-state index contributed by atoms with van der Waals surface area (Å²) in [5.41, 5.74) is 0.301. The molecule has 1 aliphatic rings. The molecule has 0 aliphatic carbocycles. The predicted molar refractivity (Wildman–Crippen MR) is 106 cm³/mol. The zero-order valence-electron chi connectivity index (χ0n) is 16.4. The number of anilines is 1. The fourth-order valence-corrected chi connectivity index (χ4v) is 3.50. The number of methoxy groups -OCH3 is 1. The van der Waals surface area contributed by atoms with Gasteiger partial charge in [0, 0.05) is 18.5 Å². The highest BCUT2D eigenvalue weighted by molar-refractivity contribution is 6.08. The molecule has 28 heavy (non-hydrogen) atoms. The van der Waals surface area contributed by atoms with Crippen LogP contribution in [0.1, 0.15) is 30.9 Å². The Hall–Kier alpha value is -2.86. The maximum absolute atomic E-state index is 12.9. The maximum atomic E-state index is 12.9. The number of rotatable bonds is 8. The minimum atomic E-state index is -1.79. The van der Waals surface area contributed by atoms with Gasteiger partial charge in [-0.2, -0.15) is 0 Å². The van der Waals surface area contributed by atoms with Crippen molar-refractivity contribution in [1.82, 2.24) is 0 Å². The first kappa shape index (κ1) is 19.9. The minimum absolute atomic E-state index is 0.221. The molecule has 2 aromatic rings. The Balaban J connectivity index is 1.68. The summed E-state index contributed by atoms with van der Waals surface area (Å²) in [6.45, 7) is 4.09. The monoisotopic (exact) mass is 383 g/mol. The summed E-state index contributed by atoms with van der Waals surface area (Å²) in [6.07, 6.45) is 0.363.